The Morgan fingerprint density at radius 1 is 1.47 bits per heavy atom. The molecule has 1 saturated carbocycles. The van der Waals surface area contributed by atoms with Gasteiger partial charge in [-0.15, -0.1) is 0 Å². The first-order valence-electron chi connectivity index (χ1n) is 6.14. The Hall–Kier alpha value is -1.36. The lowest BCUT2D eigenvalue weighted by atomic mass is 10.3. The van der Waals surface area contributed by atoms with Gasteiger partial charge >= 0.3 is 0 Å². The minimum atomic E-state index is 0.0236. The lowest BCUT2D eigenvalue weighted by Gasteiger charge is -2.15. The molecule has 94 valence electrons. The van der Waals surface area contributed by atoms with E-state index in [0.717, 1.165) is 25.0 Å². The highest BCUT2D eigenvalue weighted by atomic mass is 16.5. The van der Waals surface area contributed by atoms with Crippen LogP contribution in [0, 0.1) is 6.92 Å². The molecule has 5 nitrogen and oxygen atoms in total. The normalized spacial score (nSPS) is 16.6. The Labute approximate surface area is 102 Å². The van der Waals surface area contributed by atoms with E-state index in [1.54, 1.807) is 0 Å². The van der Waals surface area contributed by atoms with Crippen LogP contribution in [0.2, 0.25) is 0 Å². The molecule has 0 atom stereocenters. The second-order valence-corrected chi connectivity index (χ2v) is 4.63. The number of aromatic nitrogens is 2. The summed E-state index contributed by atoms with van der Waals surface area (Å²) in [4.78, 5) is 8.70. The molecule has 0 aromatic carbocycles. The van der Waals surface area contributed by atoms with E-state index in [-0.39, 0.29) is 5.54 Å². The van der Waals surface area contributed by atoms with Gasteiger partial charge in [-0.3, -0.25) is 0 Å². The number of rotatable bonds is 6. The van der Waals surface area contributed by atoms with Crippen LogP contribution >= 0.6 is 0 Å². The standard InChI is InChI=1S/C12H20N4O/c1-3-6-17-10-7-9(2)14-11(15-10)16-12(8-13)4-5-12/h7H,3-6,8,13H2,1-2H3,(H,14,15,16). The number of ether oxygens (including phenoxy) is 1. The fraction of sp³-hybridized carbons (Fsp3) is 0.667. The van der Waals surface area contributed by atoms with Crippen LogP contribution in [0.25, 0.3) is 0 Å². The SMILES string of the molecule is CCCOc1cc(C)nc(NC2(CN)CC2)n1. The van der Waals surface area contributed by atoms with E-state index in [9.17, 15) is 0 Å². The third kappa shape index (κ3) is 3.06. The molecule has 5 heteroatoms. The van der Waals surface area contributed by atoms with Crippen molar-refractivity contribution >= 4 is 5.95 Å². The molecule has 1 aliphatic carbocycles. The number of nitrogens with two attached hydrogens (primary N) is 1. The fourth-order valence-corrected chi connectivity index (χ4v) is 1.64. The Balaban J connectivity index is 2.08. The van der Waals surface area contributed by atoms with Crippen LogP contribution < -0.4 is 15.8 Å². The molecule has 1 aromatic heterocycles. The minimum Gasteiger partial charge on any atom is -0.478 e. The lowest BCUT2D eigenvalue weighted by Crippen LogP contribution is -2.31. The summed E-state index contributed by atoms with van der Waals surface area (Å²) in [7, 11) is 0. The van der Waals surface area contributed by atoms with Crippen LogP contribution in [0.1, 0.15) is 31.9 Å². The van der Waals surface area contributed by atoms with Crippen LogP contribution in [0.3, 0.4) is 0 Å². The second-order valence-electron chi connectivity index (χ2n) is 4.63. The van der Waals surface area contributed by atoms with Gasteiger partial charge in [0.2, 0.25) is 11.8 Å². The zero-order valence-corrected chi connectivity index (χ0v) is 10.5. The van der Waals surface area contributed by atoms with E-state index in [1.165, 1.54) is 0 Å². The number of nitrogens with one attached hydrogen (secondary N) is 1. The maximum atomic E-state index is 5.72. The van der Waals surface area contributed by atoms with Crippen molar-refractivity contribution in [3.63, 3.8) is 0 Å². The van der Waals surface area contributed by atoms with Crippen LogP contribution in [0.5, 0.6) is 5.88 Å². The molecule has 1 aromatic rings. The third-order valence-electron chi connectivity index (χ3n) is 2.91. The first-order chi connectivity index (χ1) is 8.17. The van der Waals surface area contributed by atoms with Gasteiger partial charge in [0.1, 0.15) is 0 Å². The number of anilines is 1. The van der Waals surface area contributed by atoms with Crippen molar-refractivity contribution in [2.24, 2.45) is 5.73 Å². The van der Waals surface area contributed by atoms with Gasteiger partial charge in [0.05, 0.1) is 12.1 Å². The summed E-state index contributed by atoms with van der Waals surface area (Å²) in [6.45, 7) is 5.31. The van der Waals surface area contributed by atoms with Crippen LogP contribution in [-0.4, -0.2) is 28.7 Å². The highest BCUT2D eigenvalue weighted by Crippen LogP contribution is 2.37. The van der Waals surface area contributed by atoms with Crippen molar-refractivity contribution in [1.29, 1.82) is 0 Å². The molecule has 2 rings (SSSR count). The van der Waals surface area contributed by atoms with E-state index >= 15 is 0 Å². The second kappa shape index (κ2) is 4.87. The molecule has 17 heavy (non-hydrogen) atoms. The van der Waals surface area contributed by atoms with Gasteiger partial charge in [-0.2, -0.15) is 4.98 Å². The van der Waals surface area contributed by atoms with E-state index < -0.39 is 0 Å². The lowest BCUT2D eigenvalue weighted by molar-refractivity contribution is 0.304. The molecular weight excluding hydrogens is 216 g/mol. The number of hydrogen-bond acceptors (Lipinski definition) is 5. The quantitative estimate of drug-likeness (QED) is 0.782. The van der Waals surface area contributed by atoms with Crippen molar-refractivity contribution < 1.29 is 4.74 Å². The van der Waals surface area contributed by atoms with Gasteiger partial charge in [0.25, 0.3) is 0 Å². The molecule has 0 unspecified atom stereocenters. The average molecular weight is 236 g/mol. The summed E-state index contributed by atoms with van der Waals surface area (Å²) in [6, 6.07) is 1.85. The Morgan fingerprint density at radius 2 is 2.24 bits per heavy atom. The molecule has 3 N–H and O–H groups in total. The van der Waals surface area contributed by atoms with Gasteiger partial charge in [0.15, 0.2) is 0 Å². The number of aryl methyl sites for hydroxylation is 1. The highest BCUT2D eigenvalue weighted by Gasteiger charge is 2.41. The van der Waals surface area contributed by atoms with Crippen LogP contribution in [-0.2, 0) is 0 Å². The fourth-order valence-electron chi connectivity index (χ4n) is 1.64. The summed E-state index contributed by atoms with van der Waals surface area (Å²) < 4.78 is 5.52. The zero-order valence-electron chi connectivity index (χ0n) is 10.5. The van der Waals surface area contributed by atoms with E-state index in [1.807, 2.05) is 13.0 Å². The topological polar surface area (TPSA) is 73.1 Å². The van der Waals surface area contributed by atoms with Crippen molar-refractivity contribution in [3.05, 3.63) is 11.8 Å². The Morgan fingerprint density at radius 3 is 2.82 bits per heavy atom. The van der Waals surface area contributed by atoms with Crippen molar-refractivity contribution in [3.8, 4) is 5.88 Å². The maximum absolute atomic E-state index is 5.72. The predicted octanol–water partition coefficient (Wildman–Crippen LogP) is 1.48. The first-order valence-corrected chi connectivity index (χ1v) is 6.14. The molecule has 0 bridgehead atoms. The zero-order chi connectivity index (χ0) is 12.3. The highest BCUT2D eigenvalue weighted by molar-refractivity contribution is 5.37. The van der Waals surface area contributed by atoms with Crippen LogP contribution in [0.15, 0.2) is 6.07 Å². The largest absolute Gasteiger partial charge is 0.478 e. The Kier molecular flexibility index (Phi) is 3.47. The monoisotopic (exact) mass is 236 g/mol. The van der Waals surface area contributed by atoms with E-state index in [4.69, 9.17) is 10.5 Å². The average Bonchev–Trinajstić information content (AvgIpc) is 3.06. The molecule has 0 radical (unpaired) electrons. The number of nitrogens with zero attached hydrogens (tertiary/aromatic N) is 2. The maximum Gasteiger partial charge on any atom is 0.226 e. The summed E-state index contributed by atoms with van der Waals surface area (Å²) >= 11 is 0. The van der Waals surface area contributed by atoms with Crippen molar-refractivity contribution in [1.82, 2.24) is 9.97 Å². The molecule has 1 heterocycles. The smallest absolute Gasteiger partial charge is 0.226 e. The van der Waals surface area contributed by atoms with E-state index in [2.05, 4.69) is 22.2 Å². The minimum absolute atomic E-state index is 0.0236. The van der Waals surface area contributed by atoms with Crippen molar-refractivity contribution in [2.45, 2.75) is 38.6 Å². The first kappa shape index (κ1) is 12.1. The molecule has 0 saturated heterocycles. The summed E-state index contributed by atoms with van der Waals surface area (Å²) in [5.41, 5.74) is 6.65. The third-order valence-corrected chi connectivity index (χ3v) is 2.91. The summed E-state index contributed by atoms with van der Waals surface area (Å²) in [5, 5.41) is 3.31. The predicted molar refractivity (Wildman–Crippen MR) is 67.2 cm³/mol. The van der Waals surface area contributed by atoms with E-state index in [0.29, 0.717) is 25.0 Å². The van der Waals surface area contributed by atoms with Gasteiger partial charge in [-0.05, 0) is 26.2 Å². The van der Waals surface area contributed by atoms with Gasteiger partial charge < -0.3 is 15.8 Å². The molecule has 1 fully saturated rings. The van der Waals surface area contributed by atoms with Gasteiger partial charge in [0, 0.05) is 18.3 Å². The van der Waals surface area contributed by atoms with Crippen LogP contribution in [0.4, 0.5) is 5.95 Å². The summed E-state index contributed by atoms with van der Waals surface area (Å²) in [5.74, 6) is 1.26. The molecule has 0 amide bonds. The molecule has 0 spiro atoms. The molecule has 1 aliphatic rings. The Bertz CT molecular complexity index is 390. The molecular formula is C12H20N4O. The number of hydrogen-bond donors (Lipinski definition) is 2. The van der Waals surface area contributed by atoms with Gasteiger partial charge in [-0.1, -0.05) is 6.92 Å². The van der Waals surface area contributed by atoms with Crippen molar-refractivity contribution in [2.75, 3.05) is 18.5 Å². The van der Waals surface area contributed by atoms with Gasteiger partial charge in [-0.25, -0.2) is 4.98 Å². The summed E-state index contributed by atoms with van der Waals surface area (Å²) in [6.07, 6.45) is 3.15. The molecule has 0 aliphatic heterocycles.